The highest BCUT2D eigenvalue weighted by atomic mass is 19.4. The van der Waals surface area contributed by atoms with Gasteiger partial charge in [-0.3, -0.25) is 9.59 Å². The maximum absolute atomic E-state index is 11.9. The smallest absolute Gasteiger partial charge is 0.411 e. The molecule has 0 fully saturated rings. The van der Waals surface area contributed by atoms with Crippen LogP contribution >= 0.6 is 0 Å². The van der Waals surface area contributed by atoms with Crippen LogP contribution in [0.1, 0.15) is 0 Å². The van der Waals surface area contributed by atoms with Crippen molar-refractivity contribution in [1.82, 2.24) is 4.90 Å². The lowest BCUT2D eigenvalue weighted by atomic mass is 10.3. The van der Waals surface area contributed by atoms with E-state index in [0.29, 0.717) is 11.4 Å². The summed E-state index contributed by atoms with van der Waals surface area (Å²) in [5.74, 6) is -0.485. The Morgan fingerprint density at radius 1 is 1.13 bits per heavy atom. The summed E-state index contributed by atoms with van der Waals surface area (Å²) in [5.41, 5.74) is 0.372. The number of amides is 2. The van der Waals surface area contributed by atoms with Crippen molar-refractivity contribution in [2.45, 2.75) is 6.18 Å². The topological polar surface area (TPSA) is 67.9 Å². The quantitative estimate of drug-likeness (QED) is 0.824. The Bertz CT molecular complexity index is 530. The zero-order chi connectivity index (χ0) is 17.5. The molecule has 9 heteroatoms. The van der Waals surface area contributed by atoms with E-state index in [4.69, 9.17) is 4.74 Å². The van der Waals surface area contributed by atoms with Crippen LogP contribution in [0, 0.1) is 0 Å². The Morgan fingerprint density at radius 3 is 2.26 bits per heavy atom. The van der Waals surface area contributed by atoms with E-state index in [1.165, 1.54) is 29.2 Å². The van der Waals surface area contributed by atoms with E-state index in [0.717, 1.165) is 0 Å². The van der Waals surface area contributed by atoms with Gasteiger partial charge >= 0.3 is 6.18 Å². The van der Waals surface area contributed by atoms with Crippen molar-refractivity contribution in [3.8, 4) is 5.75 Å². The number of alkyl halides is 3. The lowest BCUT2D eigenvalue weighted by Gasteiger charge is -2.12. The zero-order valence-corrected chi connectivity index (χ0v) is 12.6. The Hall–Kier alpha value is -2.29. The number of anilines is 1. The van der Waals surface area contributed by atoms with E-state index in [-0.39, 0.29) is 12.5 Å². The average molecular weight is 334 g/mol. The first-order chi connectivity index (χ1) is 10.7. The third kappa shape index (κ3) is 8.05. The number of nitrogens with zero attached hydrogens (tertiary/aromatic N) is 1. The molecule has 0 atom stereocenters. The van der Waals surface area contributed by atoms with Crippen molar-refractivity contribution < 1.29 is 32.2 Å². The second kappa shape index (κ2) is 8.37. The molecule has 0 aliphatic rings. The summed E-state index contributed by atoms with van der Waals surface area (Å²) < 4.78 is 45.1. The number of halogens is 3. The fourth-order valence-electron chi connectivity index (χ4n) is 1.37. The maximum Gasteiger partial charge on any atom is 0.411 e. The van der Waals surface area contributed by atoms with Gasteiger partial charge in [0.25, 0.3) is 5.91 Å². The molecule has 0 spiro atoms. The van der Waals surface area contributed by atoms with Crippen molar-refractivity contribution in [3.05, 3.63) is 24.3 Å². The van der Waals surface area contributed by atoms with Crippen molar-refractivity contribution in [3.63, 3.8) is 0 Å². The number of rotatable bonds is 7. The number of benzene rings is 1. The minimum atomic E-state index is -4.47. The molecule has 0 unspecified atom stereocenters. The first-order valence-corrected chi connectivity index (χ1v) is 6.55. The number of carbonyl (C=O) groups excluding carboxylic acids is 2. The number of nitrogens with one attached hydrogen (secondary N) is 1. The SMILES string of the molecule is CN(C)C(=O)COc1ccc(NC(=O)COCC(F)(F)F)cc1. The normalized spacial score (nSPS) is 11.0. The Labute approximate surface area is 131 Å². The molecule has 1 aromatic rings. The summed E-state index contributed by atoms with van der Waals surface area (Å²) in [6, 6.07) is 6.04. The van der Waals surface area contributed by atoms with E-state index in [2.05, 4.69) is 10.1 Å². The van der Waals surface area contributed by atoms with Crippen molar-refractivity contribution >= 4 is 17.5 Å². The molecule has 0 bridgehead atoms. The van der Waals surface area contributed by atoms with Gasteiger partial charge in [-0.15, -0.1) is 0 Å². The Balaban J connectivity index is 2.38. The van der Waals surface area contributed by atoms with E-state index in [1.54, 1.807) is 14.1 Å². The van der Waals surface area contributed by atoms with E-state index < -0.39 is 25.3 Å². The van der Waals surface area contributed by atoms with Gasteiger partial charge in [-0.1, -0.05) is 0 Å². The van der Waals surface area contributed by atoms with Crippen LogP contribution in [-0.2, 0) is 14.3 Å². The molecular weight excluding hydrogens is 317 g/mol. The maximum atomic E-state index is 11.9. The van der Waals surface area contributed by atoms with Crippen LogP contribution < -0.4 is 10.1 Å². The number of ether oxygens (including phenoxy) is 2. The average Bonchev–Trinajstić information content (AvgIpc) is 2.44. The number of likely N-dealkylation sites (N-methyl/N-ethyl adjacent to an activating group) is 1. The van der Waals surface area contributed by atoms with Gasteiger partial charge in [-0.05, 0) is 24.3 Å². The van der Waals surface area contributed by atoms with Crippen LogP contribution in [-0.4, -0.2) is 56.8 Å². The third-order valence-electron chi connectivity index (χ3n) is 2.50. The lowest BCUT2D eigenvalue weighted by molar-refractivity contribution is -0.174. The van der Waals surface area contributed by atoms with E-state index in [1.807, 2.05) is 0 Å². The van der Waals surface area contributed by atoms with Crippen molar-refractivity contribution in [1.29, 1.82) is 0 Å². The van der Waals surface area contributed by atoms with Crippen LogP contribution in [0.2, 0.25) is 0 Å². The molecule has 0 aromatic heterocycles. The van der Waals surface area contributed by atoms with Crippen molar-refractivity contribution in [2.24, 2.45) is 0 Å². The molecule has 0 radical (unpaired) electrons. The lowest BCUT2D eigenvalue weighted by Crippen LogP contribution is -2.27. The molecule has 0 heterocycles. The van der Waals surface area contributed by atoms with Crippen LogP contribution in [0.25, 0.3) is 0 Å². The second-order valence-electron chi connectivity index (χ2n) is 4.76. The van der Waals surface area contributed by atoms with Gasteiger partial charge in [-0.25, -0.2) is 0 Å². The fraction of sp³-hybridized carbons (Fsp3) is 0.429. The molecule has 1 N–H and O–H groups in total. The van der Waals surface area contributed by atoms with Crippen LogP contribution in [0.5, 0.6) is 5.75 Å². The summed E-state index contributed by atoms with van der Waals surface area (Å²) in [6.45, 7) is -2.30. The van der Waals surface area contributed by atoms with Gasteiger partial charge in [0, 0.05) is 19.8 Å². The monoisotopic (exact) mass is 334 g/mol. The highest BCUT2D eigenvalue weighted by Gasteiger charge is 2.27. The second-order valence-corrected chi connectivity index (χ2v) is 4.76. The predicted octanol–water partition coefficient (Wildman–Crippen LogP) is 1.67. The third-order valence-corrected chi connectivity index (χ3v) is 2.50. The molecule has 1 rings (SSSR count). The highest BCUT2D eigenvalue weighted by Crippen LogP contribution is 2.16. The van der Waals surface area contributed by atoms with Gasteiger partial charge in [-0.2, -0.15) is 13.2 Å². The molecule has 0 aliphatic carbocycles. The summed E-state index contributed by atoms with van der Waals surface area (Å²) in [6.07, 6.45) is -4.47. The molecular formula is C14H17F3N2O4. The number of hydrogen-bond donors (Lipinski definition) is 1. The van der Waals surface area contributed by atoms with Gasteiger partial charge in [0.1, 0.15) is 19.0 Å². The first kappa shape index (κ1) is 18.8. The van der Waals surface area contributed by atoms with Crippen LogP contribution in [0.15, 0.2) is 24.3 Å². The molecule has 0 saturated carbocycles. The zero-order valence-electron chi connectivity index (χ0n) is 12.6. The molecule has 1 aromatic carbocycles. The van der Waals surface area contributed by atoms with E-state index in [9.17, 15) is 22.8 Å². The highest BCUT2D eigenvalue weighted by molar-refractivity contribution is 5.91. The summed E-state index contributed by atoms with van der Waals surface area (Å²) in [7, 11) is 3.20. The molecule has 0 aliphatic heterocycles. The van der Waals surface area contributed by atoms with Gasteiger partial charge in [0.2, 0.25) is 5.91 Å². The summed E-state index contributed by atoms with van der Waals surface area (Å²) in [4.78, 5) is 24.1. The largest absolute Gasteiger partial charge is 0.484 e. The molecule has 6 nitrogen and oxygen atoms in total. The van der Waals surface area contributed by atoms with E-state index >= 15 is 0 Å². The Kier molecular flexibility index (Phi) is 6.83. The van der Waals surface area contributed by atoms with Crippen molar-refractivity contribution in [2.75, 3.05) is 39.2 Å². The summed E-state index contributed by atoms with van der Waals surface area (Å²) >= 11 is 0. The minimum Gasteiger partial charge on any atom is -0.484 e. The Morgan fingerprint density at radius 2 is 1.74 bits per heavy atom. The van der Waals surface area contributed by atoms with Crippen LogP contribution in [0.4, 0.5) is 18.9 Å². The fourth-order valence-corrected chi connectivity index (χ4v) is 1.37. The molecule has 23 heavy (non-hydrogen) atoms. The summed E-state index contributed by atoms with van der Waals surface area (Å²) in [5, 5.41) is 2.38. The van der Waals surface area contributed by atoms with Gasteiger partial charge in [0.05, 0.1) is 0 Å². The number of hydrogen-bond acceptors (Lipinski definition) is 4. The van der Waals surface area contributed by atoms with Gasteiger partial charge in [0.15, 0.2) is 6.61 Å². The molecule has 128 valence electrons. The predicted molar refractivity (Wildman–Crippen MR) is 76.1 cm³/mol. The van der Waals surface area contributed by atoms with Gasteiger partial charge < -0.3 is 19.7 Å². The standard InChI is InChI=1S/C14H17F3N2O4/c1-19(2)13(21)8-23-11-5-3-10(4-6-11)18-12(20)7-22-9-14(15,16)17/h3-6H,7-9H2,1-2H3,(H,18,20). The number of carbonyl (C=O) groups is 2. The molecule has 2 amide bonds. The first-order valence-electron chi connectivity index (χ1n) is 6.55. The molecule has 0 saturated heterocycles. The van der Waals surface area contributed by atoms with Crippen LogP contribution in [0.3, 0.4) is 0 Å². The minimum absolute atomic E-state index is 0.121.